The molecule has 1 aliphatic rings. The molecule has 35 heavy (non-hydrogen) atoms. The highest BCUT2D eigenvalue weighted by molar-refractivity contribution is 6.05. The van der Waals surface area contributed by atoms with Gasteiger partial charge in [0.05, 0.1) is 18.8 Å². The first-order chi connectivity index (χ1) is 16.4. The number of halogens is 1. The van der Waals surface area contributed by atoms with Gasteiger partial charge >= 0.3 is 0 Å². The van der Waals surface area contributed by atoms with E-state index in [9.17, 15) is 19.1 Å². The quantitative estimate of drug-likeness (QED) is 0.264. The topological polar surface area (TPSA) is 124 Å². The van der Waals surface area contributed by atoms with Crippen molar-refractivity contribution in [3.63, 3.8) is 0 Å². The van der Waals surface area contributed by atoms with Crippen molar-refractivity contribution < 1.29 is 28.6 Å². The standard InChI is InChI=1S/C25H35FN4O5/c1-6-34-19-8-7-9-20(23(19)26)35-17-13-22(31)30(14-17)18(12-16(2)3)24(32)29-21(27)10-11-28-15-25(4,5)33/h7-11,13,16,18,28,33H,6,12,14-15H2,1-5H3,(H2,27,29,32)/b11-10-/t18-/m0/s1. The lowest BCUT2D eigenvalue weighted by Gasteiger charge is -2.28. The number of carbonyl (C=O) groups is 2. The molecule has 0 saturated heterocycles. The zero-order valence-corrected chi connectivity index (χ0v) is 20.9. The normalized spacial score (nSPS) is 14.8. The van der Waals surface area contributed by atoms with E-state index >= 15 is 0 Å². The van der Waals surface area contributed by atoms with Crippen molar-refractivity contribution in [2.45, 2.75) is 52.7 Å². The molecule has 0 aromatic heterocycles. The van der Waals surface area contributed by atoms with Gasteiger partial charge in [-0.3, -0.25) is 15.0 Å². The van der Waals surface area contributed by atoms with Crippen molar-refractivity contribution in [2.24, 2.45) is 5.92 Å². The van der Waals surface area contributed by atoms with Gasteiger partial charge < -0.3 is 30.1 Å². The molecular formula is C25H35FN4O5. The highest BCUT2D eigenvalue weighted by Gasteiger charge is 2.35. The van der Waals surface area contributed by atoms with Crippen molar-refractivity contribution in [1.29, 1.82) is 5.41 Å². The minimum atomic E-state index is -0.922. The van der Waals surface area contributed by atoms with Crippen molar-refractivity contribution in [3.8, 4) is 11.5 Å². The number of aliphatic hydroxyl groups is 1. The molecule has 0 saturated carbocycles. The van der Waals surface area contributed by atoms with Crippen molar-refractivity contribution in [1.82, 2.24) is 15.5 Å². The van der Waals surface area contributed by atoms with Crippen LogP contribution in [0.15, 0.2) is 42.3 Å². The van der Waals surface area contributed by atoms with E-state index in [1.165, 1.54) is 35.4 Å². The molecule has 1 atom stereocenters. The van der Waals surface area contributed by atoms with E-state index in [0.29, 0.717) is 13.0 Å². The number of hydrogen-bond acceptors (Lipinski definition) is 7. The minimum Gasteiger partial charge on any atom is -0.491 e. The number of rotatable bonds is 12. The molecule has 1 aromatic carbocycles. The zero-order chi connectivity index (χ0) is 26.2. The largest absolute Gasteiger partial charge is 0.491 e. The Balaban J connectivity index is 2.06. The Bertz CT molecular complexity index is 985. The maximum absolute atomic E-state index is 14.6. The number of carbonyl (C=O) groups excluding carboxylic acids is 2. The summed E-state index contributed by atoms with van der Waals surface area (Å²) in [5.74, 6) is -1.52. The van der Waals surface area contributed by atoms with E-state index < -0.39 is 29.3 Å². The Morgan fingerprint density at radius 2 is 2.03 bits per heavy atom. The van der Waals surface area contributed by atoms with Crippen LogP contribution < -0.4 is 20.1 Å². The van der Waals surface area contributed by atoms with Crippen LogP contribution in [0.3, 0.4) is 0 Å². The summed E-state index contributed by atoms with van der Waals surface area (Å²) < 4.78 is 25.5. The number of amidine groups is 1. The van der Waals surface area contributed by atoms with Gasteiger partial charge in [-0.25, -0.2) is 0 Å². The van der Waals surface area contributed by atoms with Crippen LogP contribution in [-0.4, -0.2) is 59.0 Å². The van der Waals surface area contributed by atoms with Gasteiger partial charge in [-0.2, -0.15) is 4.39 Å². The van der Waals surface area contributed by atoms with E-state index in [2.05, 4.69) is 10.6 Å². The average molecular weight is 491 g/mol. The van der Waals surface area contributed by atoms with Crippen LogP contribution in [0.1, 0.15) is 41.0 Å². The summed E-state index contributed by atoms with van der Waals surface area (Å²) in [4.78, 5) is 27.0. The highest BCUT2D eigenvalue weighted by Crippen LogP contribution is 2.29. The van der Waals surface area contributed by atoms with Crippen LogP contribution in [0.5, 0.6) is 11.5 Å². The van der Waals surface area contributed by atoms with Gasteiger partial charge in [-0.1, -0.05) is 19.9 Å². The first kappa shape index (κ1) is 27.8. The highest BCUT2D eigenvalue weighted by atomic mass is 19.1. The molecule has 2 amide bonds. The fourth-order valence-corrected chi connectivity index (χ4v) is 3.35. The monoisotopic (exact) mass is 490 g/mol. The van der Waals surface area contributed by atoms with Crippen LogP contribution in [0.2, 0.25) is 0 Å². The first-order valence-electron chi connectivity index (χ1n) is 11.5. The molecule has 0 radical (unpaired) electrons. The van der Waals surface area contributed by atoms with Crippen LogP contribution in [-0.2, 0) is 9.59 Å². The van der Waals surface area contributed by atoms with Gasteiger partial charge in [0, 0.05) is 18.8 Å². The van der Waals surface area contributed by atoms with Gasteiger partial charge in [-0.15, -0.1) is 0 Å². The Hall–Kier alpha value is -3.40. The van der Waals surface area contributed by atoms with Gasteiger partial charge in [-0.05, 0) is 51.3 Å². The number of ether oxygens (including phenoxy) is 2. The summed E-state index contributed by atoms with van der Waals surface area (Å²) in [7, 11) is 0. The summed E-state index contributed by atoms with van der Waals surface area (Å²) in [6.07, 6.45) is 4.40. The molecule has 0 fully saturated rings. The van der Waals surface area contributed by atoms with E-state index in [1.54, 1.807) is 26.8 Å². The molecule has 10 heteroatoms. The zero-order valence-electron chi connectivity index (χ0n) is 20.9. The fourth-order valence-electron chi connectivity index (χ4n) is 3.35. The number of amides is 2. The predicted octanol–water partition coefficient (Wildman–Crippen LogP) is 2.71. The molecule has 2 rings (SSSR count). The molecule has 0 spiro atoms. The van der Waals surface area contributed by atoms with Gasteiger partial charge in [0.2, 0.25) is 11.7 Å². The maximum Gasteiger partial charge on any atom is 0.251 e. The van der Waals surface area contributed by atoms with Crippen LogP contribution in [0, 0.1) is 17.1 Å². The third-order valence-electron chi connectivity index (χ3n) is 4.90. The molecule has 4 N–H and O–H groups in total. The average Bonchev–Trinajstić information content (AvgIpc) is 3.11. The van der Waals surface area contributed by atoms with E-state index in [-0.39, 0.29) is 42.1 Å². The molecule has 1 aromatic rings. The lowest BCUT2D eigenvalue weighted by molar-refractivity contribution is -0.135. The third-order valence-corrected chi connectivity index (χ3v) is 4.90. The van der Waals surface area contributed by atoms with Crippen LogP contribution in [0.25, 0.3) is 0 Å². The number of nitrogens with zero attached hydrogens (tertiary/aromatic N) is 1. The summed E-state index contributed by atoms with van der Waals surface area (Å²) >= 11 is 0. The second kappa shape index (κ2) is 12.3. The summed E-state index contributed by atoms with van der Waals surface area (Å²) in [6.45, 7) is 9.41. The fraction of sp³-hybridized carbons (Fsp3) is 0.480. The third kappa shape index (κ3) is 8.71. The summed E-state index contributed by atoms with van der Waals surface area (Å²) in [5.41, 5.74) is -0.922. The second-order valence-electron chi connectivity index (χ2n) is 9.26. The smallest absolute Gasteiger partial charge is 0.251 e. The molecule has 0 bridgehead atoms. The van der Waals surface area contributed by atoms with Crippen molar-refractivity contribution >= 4 is 17.6 Å². The Labute approximate surface area is 205 Å². The van der Waals surface area contributed by atoms with Crippen molar-refractivity contribution in [3.05, 3.63) is 48.1 Å². The molecule has 1 heterocycles. The molecular weight excluding hydrogens is 455 g/mol. The second-order valence-corrected chi connectivity index (χ2v) is 9.26. The van der Waals surface area contributed by atoms with E-state index in [0.717, 1.165) is 0 Å². The minimum absolute atomic E-state index is 0.0156. The van der Waals surface area contributed by atoms with E-state index in [1.807, 2.05) is 13.8 Å². The Kier molecular flexibility index (Phi) is 9.82. The lowest BCUT2D eigenvalue weighted by atomic mass is 10.0. The van der Waals surface area contributed by atoms with Crippen LogP contribution >= 0.6 is 0 Å². The van der Waals surface area contributed by atoms with E-state index in [4.69, 9.17) is 14.9 Å². The Morgan fingerprint density at radius 3 is 2.66 bits per heavy atom. The Morgan fingerprint density at radius 1 is 1.34 bits per heavy atom. The molecule has 192 valence electrons. The number of hydrogen-bond donors (Lipinski definition) is 4. The molecule has 0 aliphatic carbocycles. The van der Waals surface area contributed by atoms with Crippen LogP contribution in [0.4, 0.5) is 4.39 Å². The molecule has 0 unspecified atom stereocenters. The van der Waals surface area contributed by atoms with Gasteiger partial charge in [0.1, 0.15) is 17.6 Å². The summed E-state index contributed by atoms with van der Waals surface area (Å²) in [5, 5.41) is 23.0. The lowest BCUT2D eigenvalue weighted by Crippen LogP contribution is -2.49. The predicted molar refractivity (Wildman–Crippen MR) is 131 cm³/mol. The molecule has 9 nitrogen and oxygen atoms in total. The molecule has 1 aliphatic heterocycles. The SMILES string of the molecule is CCOc1cccc(OC2=CC(=O)N([C@@H](CC(C)C)C(=O)NC(=N)/C=C\NCC(C)(C)O)C2)c1F. The van der Waals surface area contributed by atoms with Gasteiger partial charge in [0.15, 0.2) is 11.5 Å². The van der Waals surface area contributed by atoms with Crippen molar-refractivity contribution in [2.75, 3.05) is 19.7 Å². The summed E-state index contributed by atoms with van der Waals surface area (Å²) in [6, 6.07) is 3.66. The maximum atomic E-state index is 14.6. The number of nitrogens with one attached hydrogen (secondary N) is 3. The first-order valence-corrected chi connectivity index (χ1v) is 11.5. The van der Waals surface area contributed by atoms with Gasteiger partial charge in [0.25, 0.3) is 5.91 Å². The number of benzene rings is 1.